The highest BCUT2D eigenvalue weighted by Crippen LogP contribution is 2.40. The van der Waals surface area contributed by atoms with Gasteiger partial charge in [0.1, 0.15) is 5.76 Å². The van der Waals surface area contributed by atoms with Crippen molar-refractivity contribution in [3.8, 4) is 0 Å². The number of ether oxygens (including phenoxy) is 1. The van der Waals surface area contributed by atoms with Crippen molar-refractivity contribution in [1.29, 1.82) is 0 Å². The van der Waals surface area contributed by atoms with Crippen molar-refractivity contribution >= 4 is 16.1 Å². The molecule has 4 rings (SSSR count). The normalized spacial score (nSPS) is 26.3. The number of hydrogen-bond donors (Lipinski definition) is 1. The Morgan fingerprint density at radius 1 is 1.22 bits per heavy atom. The summed E-state index contributed by atoms with van der Waals surface area (Å²) in [7, 11) is -1.77. The van der Waals surface area contributed by atoms with Crippen LogP contribution in [0.4, 0.5) is 0 Å². The van der Waals surface area contributed by atoms with E-state index in [0.29, 0.717) is 50.0 Å². The van der Waals surface area contributed by atoms with Gasteiger partial charge in [-0.05, 0) is 64.2 Å². The first-order valence-electron chi connectivity index (χ1n) is 11.9. The standard InChI is InChI=1S/C22H36N4O5S/c1-16-14-19(23-22(27)20-15-21(31-24-20)18-5-6-18)9-12-26(16)32(28,29)25-10-7-17(8-11-25)4-3-13-30-2/h15-19H,3-14H2,1-2H3,(H,23,27)/t16-,19-/m0/s1. The Morgan fingerprint density at radius 3 is 2.62 bits per heavy atom. The zero-order valence-electron chi connectivity index (χ0n) is 19.2. The van der Waals surface area contributed by atoms with Crippen molar-refractivity contribution in [3.63, 3.8) is 0 Å². The van der Waals surface area contributed by atoms with E-state index in [1.54, 1.807) is 21.8 Å². The summed E-state index contributed by atoms with van der Waals surface area (Å²) in [4.78, 5) is 12.5. The lowest BCUT2D eigenvalue weighted by molar-refractivity contribution is 0.0903. The molecule has 1 aliphatic carbocycles. The number of nitrogens with one attached hydrogen (secondary N) is 1. The largest absolute Gasteiger partial charge is 0.385 e. The number of methoxy groups -OCH3 is 1. The SMILES string of the molecule is COCCCC1CCN(S(=O)(=O)N2CC[C@H](NC(=O)c3cc(C4CC4)on3)C[C@@H]2C)CC1. The average molecular weight is 469 g/mol. The highest BCUT2D eigenvalue weighted by atomic mass is 32.2. The second kappa shape index (κ2) is 10.2. The summed E-state index contributed by atoms with van der Waals surface area (Å²) in [6, 6.07) is 1.49. The van der Waals surface area contributed by atoms with Gasteiger partial charge in [-0.1, -0.05) is 5.16 Å². The van der Waals surface area contributed by atoms with Crippen molar-refractivity contribution in [2.45, 2.75) is 76.3 Å². The first-order chi connectivity index (χ1) is 15.4. The molecule has 2 saturated heterocycles. The molecule has 0 bridgehead atoms. The van der Waals surface area contributed by atoms with E-state index in [1.807, 2.05) is 6.92 Å². The van der Waals surface area contributed by atoms with E-state index in [0.717, 1.165) is 50.9 Å². The third kappa shape index (κ3) is 5.52. The topological polar surface area (TPSA) is 105 Å². The molecular weight excluding hydrogens is 432 g/mol. The maximum Gasteiger partial charge on any atom is 0.282 e. The van der Waals surface area contributed by atoms with Gasteiger partial charge in [-0.25, -0.2) is 0 Å². The Balaban J connectivity index is 1.26. The van der Waals surface area contributed by atoms with E-state index in [1.165, 1.54) is 0 Å². The molecule has 1 N–H and O–H groups in total. The summed E-state index contributed by atoms with van der Waals surface area (Å²) in [6.45, 7) is 4.26. The van der Waals surface area contributed by atoms with E-state index in [2.05, 4.69) is 10.5 Å². The number of amides is 1. The van der Waals surface area contributed by atoms with Crippen LogP contribution in [0.25, 0.3) is 0 Å². The van der Waals surface area contributed by atoms with Crippen LogP contribution in [0.5, 0.6) is 0 Å². The van der Waals surface area contributed by atoms with Crippen LogP contribution in [0.1, 0.15) is 80.5 Å². The van der Waals surface area contributed by atoms with Gasteiger partial charge in [-0.15, -0.1) is 0 Å². The highest BCUT2D eigenvalue weighted by Gasteiger charge is 2.39. The summed E-state index contributed by atoms with van der Waals surface area (Å²) < 4.78 is 40.2. The fraction of sp³-hybridized carbons (Fsp3) is 0.818. The van der Waals surface area contributed by atoms with E-state index >= 15 is 0 Å². The van der Waals surface area contributed by atoms with Gasteiger partial charge in [0.25, 0.3) is 16.1 Å². The van der Waals surface area contributed by atoms with Crippen LogP contribution in [0.3, 0.4) is 0 Å². The molecule has 3 aliphatic rings. The predicted octanol–water partition coefficient (Wildman–Crippen LogP) is 2.52. The molecule has 0 radical (unpaired) electrons. The molecule has 1 saturated carbocycles. The number of rotatable bonds is 9. The van der Waals surface area contributed by atoms with Gasteiger partial charge in [0, 0.05) is 57.4 Å². The van der Waals surface area contributed by atoms with Gasteiger partial charge < -0.3 is 14.6 Å². The maximum atomic E-state index is 13.3. The zero-order valence-corrected chi connectivity index (χ0v) is 20.0. The van der Waals surface area contributed by atoms with Crippen molar-refractivity contribution in [2.24, 2.45) is 5.92 Å². The van der Waals surface area contributed by atoms with Crippen molar-refractivity contribution in [3.05, 3.63) is 17.5 Å². The molecule has 3 heterocycles. The van der Waals surface area contributed by atoms with Crippen LogP contribution in [0, 0.1) is 5.92 Å². The van der Waals surface area contributed by atoms with Crippen molar-refractivity contribution < 1.29 is 22.5 Å². The van der Waals surface area contributed by atoms with Crippen LogP contribution in [-0.4, -0.2) is 73.5 Å². The Bertz CT molecular complexity index is 877. The minimum absolute atomic E-state index is 0.0726. The Labute approximate surface area is 191 Å². The first-order valence-corrected chi connectivity index (χ1v) is 13.3. The Morgan fingerprint density at radius 2 is 1.97 bits per heavy atom. The summed E-state index contributed by atoms with van der Waals surface area (Å²) in [5.41, 5.74) is 0.308. The minimum atomic E-state index is -3.48. The van der Waals surface area contributed by atoms with Crippen LogP contribution >= 0.6 is 0 Å². The molecule has 0 spiro atoms. The van der Waals surface area contributed by atoms with Gasteiger partial charge >= 0.3 is 0 Å². The lowest BCUT2D eigenvalue weighted by atomic mass is 9.93. The number of aromatic nitrogens is 1. The molecule has 1 aromatic rings. The summed E-state index contributed by atoms with van der Waals surface area (Å²) in [6.07, 6.45) is 7.30. The molecule has 1 amide bonds. The number of nitrogens with zero attached hydrogens (tertiary/aromatic N) is 3. The van der Waals surface area contributed by atoms with Gasteiger partial charge in [0.05, 0.1) is 0 Å². The fourth-order valence-electron chi connectivity index (χ4n) is 4.93. The number of hydrogen-bond acceptors (Lipinski definition) is 6. The second-order valence-electron chi connectivity index (χ2n) is 9.53. The third-order valence-electron chi connectivity index (χ3n) is 7.05. The highest BCUT2D eigenvalue weighted by molar-refractivity contribution is 7.86. The van der Waals surface area contributed by atoms with E-state index in [4.69, 9.17) is 9.26 Å². The molecule has 0 unspecified atom stereocenters. The lowest BCUT2D eigenvalue weighted by Gasteiger charge is -2.41. The number of carbonyl (C=O) groups is 1. The molecule has 3 fully saturated rings. The quantitative estimate of drug-likeness (QED) is 0.559. The van der Waals surface area contributed by atoms with Crippen LogP contribution < -0.4 is 5.32 Å². The molecule has 2 atom stereocenters. The summed E-state index contributed by atoms with van der Waals surface area (Å²) in [5, 5.41) is 6.91. The van der Waals surface area contributed by atoms with Gasteiger partial charge in [0.15, 0.2) is 5.69 Å². The monoisotopic (exact) mass is 468 g/mol. The Hall–Kier alpha value is -1.49. The van der Waals surface area contributed by atoms with E-state index in [-0.39, 0.29) is 18.0 Å². The third-order valence-corrected chi connectivity index (χ3v) is 9.20. The van der Waals surface area contributed by atoms with Crippen LogP contribution in [-0.2, 0) is 14.9 Å². The molecule has 1 aromatic heterocycles. The molecule has 10 heteroatoms. The maximum absolute atomic E-state index is 13.3. The van der Waals surface area contributed by atoms with Crippen LogP contribution in [0.15, 0.2) is 10.6 Å². The molecule has 32 heavy (non-hydrogen) atoms. The fourth-order valence-corrected chi connectivity index (χ4v) is 6.78. The Kier molecular flexibility index (Phi) is 7.54. The number of carbonyl (C=O) groups excluding carboxylic acids is 1. The zero-order chi connectivity index (χ0) is 22.7. The first kappa shape index (κ1) is 23.7. The molecule has 9 nitrogen and oxygen atoms in total. The van der Waals surface area contributed by atoms with Gasteiger partial charge in [-0.3, -0.25) is 4.79 Å². The number of piperidine rings is 2. The summed E-state index contributed by atoms with van der Waals surface area (Å²) >= 11 is 0. The smallest absolute Gasteiger partial charge is 0.282 e. The summed E-state index contributed by atoms with van der Waals surface area (Å²) in [5.74, 6) is 1.52. The lowest BCUT2D eigenvalue weighted by Crippen LogP contribution is -2.55. The molecule has 180 valence electrons. The molecule has 2 aliphatic heterocycles. The average Bonchev–Trinajstić information content (AvgIpc) is 3.50. The molecular formula is C22H36N4O5S. The van der Waals surface area contributed by atoms with E-state index < -0.39 is 10.2 Å². The van der Waals surface area contributed by atoms with Crippen LogP contribution in [0.2, 0.25) is 0 Å². The van der Waals surface area contributed by atoms with Crippen molar-refractivity contribution in [1.82, 2.24) is 19.1 Å². The van der Waals surface area contributed by atoms with Crippen molar-refractivity contribution in [2.75, 3.05) is 33.4 Å². The minimum Gasteiger partial charge on any atom is -0.385 e. The molecule has 0 aromatic carbocycles. The predicted molar refractivity (Wildman–Crippen MR) is 119 cm³/mol. The van der Waals surface area contributed by atoms with Gasteiger partial charge in [-0.2, -0.15) is 17.0 Å². The second-order valence-corrected chi connectivity index (χ2v) is 11.4. The van der Waals surface area contributed by atoms with Gasteiger partial charge in [0.2, 0.25) is 0 Å². The van der Waals surface area contributed by atoms with E-state index in [9.17, 15) is 13.2 Å².